The van der Waals surface area contributed by atoms with Crippen LogP contribution in [0.15, 0.2) is 59.0 Å². The van der Waals surface area contributed by atoms with Gasteiger partial charge in [0.2, 0.25) is 5.91 Å². The standard InChI is InChI=1S/C25H35FN2O3/c1-7-18(4)23(27-20(6)19(5)25(30)31)16-28(24(29)14-17(2)3)13-9-11-21-10-8-12-22(26)15-21/h8,10,12,15,27H,2,7,9,11,13-14,16H2,1,3-6H3,(H,30,31)/b20-19+,23-18+. The summed E-state index contributed by atoms with van der Waals surface area (Å²) in [6.45, 7) is 13.8. The van der Waals surface area contributed by atoms with Crippen LogP contribution in [-0.2, 0) is 16.0 Å². The highest BCUT2D eigenvalue weighted by atomic mass is 19.1. The van der Waals surface area contributed by atoms with Crippen LogP contribution in [0.1, 0.15) is 59.4 Å². The van der Waals surface area contributed by atoms with Crippen molar-refractivity contribution in [3.8, 4) is 0 Å². The SMILES string of the molecule is C=C(C)CC(=O)N(CCCc1cccc(F)c1)C/C(N/C(C)=C(\C)C(=O)O)=C(/C)CC. The number of rotatable bonds is 12. The van der Waals surface area contributed by atoms with E-state index in [-0.39, 0.29) is 23.7 Å². The highest BCUT2D eigenvalue weighted by Crippen LogP contribution is 2.15. The molecule has 1 aromatic rings. The molecule has 0 heterocycles. The van der Waals surface area contributed by atoms with E-state index in [9.17, 15) is 19.1 Å². The summed E-state index contributed by atoms with van der Waals surface area (Å²) in [6, 6.07) is 6.48. The first-order chi connectivity index (χ1) is 14.5. The largest absolute Gasteiger partial charge is 0.478 e. The number of carbonyl (C=O) groups excluding carboxylic acids is 1. The second kappa shape index (κ2) is 12.7. The fourth-order valence-corrected chi connectivity index (χ4v) is 2.99. The van der Waals surface area contributed by atoms with Gasteiger partial charge in [-0.15, -0.1) is 0 Å². The third-order valence-corrected chi connectivity index (χ3v) is 5.20. The molecule has 0 spiro atoms. The molecule has 0 radical (unpaired) electrons. The number of nitrogens with one attached hydrogen (secondary N) is 1. The molecule has 31 heavy (non-hydrogen) atoms. The van der Waals surface area contributed by atoms with Gasteiger partial charge < -0.3 is 15.3 Å². The number of carboxylic acids is 1. The first-order valence-corrected chi connectivity index (χ1v) is 10.6. The van der Waals surface area contributed by atoms with Gasteiger partial charge in [-0.2, -0.15) is 0 Å². The molecule has 0 aliphatic rings. The number of benzene rings is 1. The average Bonchev–Trinajstić information content (AvgIpc) is 2.70. The van der Waals surface area contributed by atoms with Crippen LogP contribution < -0.4 is 5.32 Å². The van der Waals surface area contributed by atoms with Crippen molar-refractivity contribution in [1.29, 1.82) is 0 Å². The lowest BCUT2D eigenvalue weighted by atomic mass is 10.1. The van der Waals surface area contributed by atoms with Crippen LogP contribution in [0.25, 0.3) is 0 Å². The molecule has 0 aliphatic heterocycles. The van der Waals surface area contributed by atoms with Crippen LogP contribution in [0.4, 0.5) is 4.39 Å². The maximum absolute atomic E-state index is 13.4. The van der Waals surface area contributed by atoms with Crippen LogP contribution in [0.3, 0.4) is 0 Å². The Kier molecular flexibility index (Phi) is 10.7. The number of hydrogen-bond acceptors (Lipinski definition) is 3. The number of allylic oxidation sites excluding steroid dienone is 2. The Bertz CT molecular complexity index is 871. The molecule has 2 N–H and O–H groups in total. The van der Waals surface area contributed by atoms with Gasteiger partial charge in [0.05, 0.1) is 12.1 Å². The van der Waals surface area contributed by atoms with E-state index in [1.54, 1.807) is 24.8 Å². The Morgan fingerprint density at radius 3 is 2.42 bits per heavy atom. The molecule has 1 aromatic carbocycles. The fraction of sp³-hybridized carbons (Fsp3) is 0.440. The van der Waals surface area contributed by atoms with E-state index in [1.807, 2.05) is 26.8 Å². The minimum Gasteiger partial charge on any atom is -0.478 e. The van der Waals surface area contributed by atoms with E-state index >= 15 is 0 Å². The highest BCUT2D eigenvalue weighted by molar-refractivity contribution is 5.86. The van der Waals surface area contributed by atoms with Gasteiger partial charge in [-0.05, 0) is 64.7 Å². The number of nitrogens with zero attached hydrogens (tertiary/aromatic N) is 1. The summed E-state index contributed by atoms with van der Waals surface area (Å²) in [6.07, 6.45) is 2.37. The zero-order valence-electron chi connectivity index (χ0n) is 19.3. The van der Waals surface area contributed by atoms with Crippen molar-refractivity contribution in [2.75, 3.05) is 13.1 Å². The maximum Gasteiger partial charge on any atom is 0.333 e. The zero-order valence-corrected chi connectivity index (χ0v) is 19.3. The van der Waals surface area contributed by atoms with Crippen molar-refractivity contribution >= 4 is 11.9 Å². The van der Waals surface area contributed by atoms with Crippen molar-refractivity contribution in [2.45, 2.75) is 60.3 Å². The smallest absolute Gasteiger partial charge is 0.333 e. The number of aryl methyl sites for hydroxylation is 1. The molecule has 1 rings (SSSR count). The molecule has 6 heteroatoms. The lowest BCUT2D eigenvalue weighted by Crippen LogP contribution is -2.37. The minimum absolute atomic E-state index is 0.0356. The van der Waals surface area contributed by atoms with Crippen LogP contribution in [0.2, 0.25) is 0 Å². The summed E-state index contributed by atoms with van der Waals surface area (Å²) in [7, 11) is 0. The molecule has 5 nitrogen and oxygen atoms in total. The quantitative estimate of drug-likeness (QED) is 0.353. The van der Waals surface area contributed by atoms with E-state index < -0.39 is 5.97 Å². The van der Waals surface area contributed by atoms with Gasteiger partial charge in [0.15, 0.2) is 0 Å². The first-order valence-electron chi connectivity index (χ1n) is 10.6. The van der Waals surface area contributed by atoms with Crippen LogP contribution in [0.5, 0.6) is 0 Å². The van der Waals surface area contributed by atoms with Crippen molar-refractivity contribution in [1.82, 2.24) is 10.2 Å². The Balaban J connectivity index is 3.03. The number of hydrogen-bond donors (Lipinski definition) is 2. The normalized spacial score (nSPS) is 12.6. The predicted octanol–water partition coefficient (Wildman–Crippen LogP) is 5.21. The van der Waals surface area contributed by atoms with Crippen molar-refractivity contribution in [2.24, 2.45) is 0 Å². The molecule has 0 aromatic heterocycles. The van der Waals surface area contributed by atoms with E-state index in [0.717, 1.165) is 28.8 Å². The monoisotopic (exact) mass is 430 g/mol. The molecule has 0 unspecified atom stereocenters. The number of halogens is 1. The Morgan fingerprint density at radius 1 is 1.19 bits per heavy atom. The molecule has 0 saturated heterocycles. The van der Waals surface area contributed by atoms with E-state index in [4.69, 9.17) is 0 Å². The second-order valence-corrected chi connectivity index (χ2v) is 7.98. The van der Waals surface area contributed by atoms with Gasteiger partial charge in [-0.3, -0.25) is 4.79 Å². The summed E-state index contributed by atoms with van der Waals surface area (Å²) in [5.41, 5.74) is 4.32. The first kappa shape index (κ1) is 26.1. The number of amides is 1. The molecule has 0 fully saturated rings. The lowest BCUT2D eigenvalue weighted by molar-refractivity contribution is -0.133. The molecular formula is C25H35FN2O3. The summed E-state index contributed by atoms with van der Waals surface area (Å²) >= 11 is 0. The summed E-state index contributed by atoms with van der Waals surface area (Å²) < 4.78 is 13.4. The van der Waals surface area contributed by atoms with Crippen LogP contribution in [0, 0.1) is 5.82 Å². The number of aliphatic carboxylic acids is 1. The van der Waals surface area contributed by atoms with Crippen LogP contribution in [-0.4, -0.2) is 35.0 Å². The fourth-order valence-electron chi connectivity index (χ4n) is 2.99. The molecule has 170 valence electrons. The lowest BCUT2D eigenvalue weighted by Gasteiger charge is -2.27. The molecule has 0 saturated carbocycles. The predicted molar refractivity (Wildman–Crippen MR) is 123 cm³/mol. The van der Waals surface area contributed by atoms with Gasteiger partial charge in [-0.1, -0.05) is 36.8 Å². The molecular weight excluding hydrogens is 395 g/mol. The molecule has 0 bridgehead atoms. The third-order valence-electron chi connectivity index (χ3n) is 5.20. The maximum atomic E-state index is 13.4. The summed E-state index contributed by atoms with van der Waals surface area (Å²) in [5.74, 6) is -1.29. The van der Waals surface area contributed by atoms with Crippen molar-refractivity contribution < 1.29 is 19.1 Å². The minimum atomic E-state index is -0.983. The molecule has 0 aliphatic carbocycles. The van der Waals surface area contributed by atoms with Gasteiger partial charge in [-0.25, -0.2) is 9.18 Å². The third kappa shape index (κ3) is 9.20. The highest BCUT2D eigenvalue weighted by Gasteiger charge is 2.17. The second-order valence-electron chi connectivity index (χ2n) is 7.98. The summed E-state index contributed by atoms with van der Waals surface area (Å²) in [5, 5.41) is 12.5. The van der Waals surface area contributed by atoms with Crippen molar-refractivity contribution in [3.63, 3.8) is 0 Å². The zero-order chi connectivity index (χ0) is 23.6. The molecule has 0 atom stereocenters. The van der Waals surface area contributed by atoms with Gasteiger partial charge in [0.25, 0.3) is 0 Å². The van der Waals surface area contributed by atoms with E-state index in [0.29, 0.717) is 31.6 Å². The Labute approximate surface area is 185 Å². The van der Waals surface area contributed by atoms with Crippen molar-refractivity contribution in [3.05, 3.63) is 70.3 Å². The average molecular weight is 431 g/mol. The van der Waals surface area contributed by atoms with Gasteiger partial charge in [0, 0.05) is 24.4 Å². The topological polar surface area (TPSA) is 69.6 Å². The summed E-state index contributed by atoms with van der Waals surface area (Å²) in [4.78, 5) is 25.9. The molecule has 1 amide bonds. The van der Waals surface area contributed by atoms with E-state index in [2.05, 4.69) is 11.9 Å². The van der Waals surface area contributed by atoms with E-state index in [1.165, 1.54) is 12.1 Å². The number of carbonyl (C=O) groups is 2. The van der Waals surface area contributed by atoms with Crippen LogP contribution >= 0.6 is 0 Å². The Morgan fingerprint density at radius 2 is 1.87 bits per heavy atom. The number of carboxylic acid groups (broad SMARTS) is 1. The van der Waals surface area contributed by atoms with Gasteiger partial charge >= 0.3 is 5.97 Å². The Hall–Kier alpha value is -2.89. The van der Waals surface area contributed by atoms with Gasteiger partial charge in [0.1, 0.15) is 5.82 Å².